The second-order valence-electron chi connectivity index (χ2n) is 6.12. The average molecular weight is 311 g/mol. The van der Waals surface area contributed by atoms with Gasteiger partial charge in [0.1, 0.15) is 17.5 Å². The fraction of sp³-hybridized carbons (Fsp3) is 0.444. The highest BCUT2D eigenvalue weighted by Gasteiger charge is 2.16. The van der Waals surface area contributed by atoms with Gasteiger partial charge in [-0.15, -0.1) is 0 Å². The van der Waals surface area contributed by atoms with E-state index in [0.29, 0.717) is 0 Å². The molecule has 0 unspecified atom stereocenters. The van der Waals surface area contributed by atoms with E-state index in [1.54, 1.807) is 0 Å². The van der Waals surface area contributed by atoms with Crippen LogP contribution in [0.4, 0.5) is 17.3 Å². The predicted octanol–water partition coefficient (Wildman–Crippen LogP) is 2.84. The maximum atomic E-state index is 4.61. The molecule has 122 valence electrons. The second-order valence-corrected chi connectivity index (χ2v) is 6.12. The smallest absolute Gasteiger partial charge is 0.136 e. The molecule has 23 heavy (non-hydrogen) atoms. The van der Waals surface area contributed by atoms with Gasteiger partial charge in [-0.2, -0.15) is 0 Å². The minimum absolute atomic E-state index is 0.800. The van der Waals surface area contributed by atoms with Gasteiger partial charge in [0.05, 0.1) is 0 Å². The molecule has 0 radical (unpaired) electrons. The van der Waals surface area contributed by atoms with Gasteiger partial charge in [0, 0.05) is 37.9 Å². The van der Waals surface area contributed by atoms with Crippen LogP contribution in [0.15, 0.2) is 30.3 Å². The quantitative estimate of drug-likeness (QED) is 0.940. The first-order valence-electron chi connectivity index (χ1n) is 8.29. The van der Waals surface area contributed by atoms with Crippen LogP contribution in [-0.2, 0) is 6.42 Å². The Bertz CT molecular complexity index is 645. The van der Waals surface area contributed by atoms with E-state index >= 15 is 0 Å². The number of nitrogens with zero attached hydrogens (tertiary/aromatic N) is 4. The molecule has 5 nitrogen and oxygen atoms in total. The van der Waals surface area contributed by atoms with Gasteiger partial charge >= 0.3 is 0 Å². The Hall–Kier alpha value is -2.14. The number of anilines is 3. The number of hydrogen-bond donors (Lipinski definition) is 1. The number of piperazine rings is 1. The number of nitrogens with one attached hydrogen (secondary N) is 1. The summed E-state index contributed by atoms with van der Waals surface area (Å²) in [5, 5.41) is 3.40. The highest BCUT2D eigenvalue weighted by molar-refractivity contribution is 5.60. The summed E-state index contributed by atoms with van der Waals surface area (Å²) < 4.78 is 0. The van der Waals surface area contributed by atoms with Crippen LogP contribution < -0.4 is 10.2 Å². The zero-order valence-electron chi connectivity index (χ0n) is 14.2. The molecule has 1 fully saturated rings. The Morgan fingerprint density at radius 2 is 1.74 bits per heavy atom. The fourth-order valence-electron chi connectivity index (χ4n) is 2.79. The van der Waals surface area contributed by atoms with E-state index in [-0.39, 0.29) is 0 Å². The van der Waals surface area contributed by atoms with E-state index < -0.39 is 0 Å². The second kappa shape index (κ2) is 6.96. The Morgan fingerprint density at radius 1 is 1.04 bits per heavy atom. The van der Waals surface area contributed by atoms with Gasteiger partial charge in [0.15, 0.2) is 0 Å². The molecule has 1 aliphatic heterocycles. The van der Waals surface area contributed by atoms with E-state index in [2.05, 4.69) is 63.3 Å². The Balaban J connectivity index is 1.76. The van der Waals surface area contributed by atoms with Gasteiger partial charge in [0.25, 0.3) is 0 Å². The van der Waals surface area contributed by atoms with Crippen molar-refractivity contribution in [3.05, 3.63) is 41.7 Å². The van der Waals surface area contributed by atoms with Crippen LogP contribution in [0.2, 0.25) is 0 Å². The number of hydrogen-bond acceptors (Lipinski definition) is 5. The van der Waals surface area contributed by atoms with Crippen LogP contribution >= 0.6 is 0 Å². The lowest BCUT2D eigenvalue weighted by Gasteiger charge is -2.33. The van der Waals surface area contributed by atoms with Gasteiger partial charge in [-0.25, -0.2) is 9.97 Å². The molecular weight excluding hydrogens is 286 g/mol. The first kappa shape index (κ1) is 15.7. The standard InChI is InChI=1S/C18H25N5/c1-4-15-5-7-16(8-6-15)21-17-13-18(20-14(2)19-17)23-11-9-22(3)10-12-23/h5-8,13H,4,9-12H2,1-3H3,(H,19,20,21). The zero-order chi connectivity index (χ0) is 16.2. The van der Waals surface area contributed by atoms with Crippen LogP contribution in [0, 0.1) is 6.92 Å². The normalized spacial score (nSPS) is 15.7. The molecule has 1 N–H and O–H groups in total. The summed E-state index contributed by atoms with van der Waals surface area (Å²) in [7, 11) is 2.16. The summed E-state index contributed by atoms with van der Waals surface area (Å²) >= 11 is 0. The molecule has 0 aliphatic carbocycles. The van der Waals surface area contributed by atoms with Gasteiger partial charge < -0.3 is 15.1 Å². The molecule has 5 heteroatoms. The van der Waals surface area contributed by atoms with Crippen molar-refractivity contribution in [3.63, 3.8) is 0 Å². The van der Waals surface area contributed by atoms with Gasteiger partial charge in [-0.3, -0.25) is 0 Å². The van der Waals surface area contributed by atoms with Crippen molar-refractivity contribution < 1.29 is 0 Å². The fourth-order valence-corrected chi connectivity index (χ4v) is 2.79. The molecule has 2 heterocycles. The van der Waals surface area contributed by atoms with Crippen LogP contribution in [-0.4, -0.2) is 48.1 Å². The van der Waals surface area contributed by atoms with Crippen LogP contribution in [0.1, 0.15) is 18.3 Å². The van der Waals surface area contributed by atoms with Crippen molar-refractivity contribution in [1.29, 1.82) is 0 Å². The zero-order valence-corrected chi connectivity index (χ0v) is 14.2. The van der Waals surface area contributed by atoms with E-state index in [0.717, 1.165) is 55.7 Å². The number of likely N-dealkylation sites (N-methyl/N-ethyl adjacent to an activating group) is 1. The van der Waals surface area contributed by atoms with Gasteiger partial charge in [-0.05, 0) is 38.1 Å². The SMILES string of the molecule is CCc1ccc(Nc2cc(N3CCN(C)CC3)nc(C)n2)cc1. The highest BCUT2D eigenvalue weighted by atomic mass is 15.3. The van der Waals surface area contributed by atoms with Crippen molar-refractivity contribution in [1.82, 2.24) is 14.9 Å². The Morgan fingerprint density at radius 3 is 2.39 bits per heavy atom. The molecule has 1 aromatic heterocycles. The van der Waals surface area contributed by atoms with E-state index in [1.165, 1.54) is 5.56 Å². The third kappa shape index (κ3) is 3.99. The lowest BCUT2D eigenvalue weighted by atomic mass is 10.1. The monoisotopic (exact) mass is 311 g/mol. The molecule has 0 bridgehead atoms. The van der Waals surface area contributed by atoms with E-state index in [9.17, 15) is 0 Å². The molecule has 0 amide bonds. The molecular formula is C18H25N5. The van der Waals surface area contributed by atoms with E-state index in [4.69, 9.17) is 0 Å². The van der Waals surface area contributed by atoms with Crippen molar-refractivity contribution in [2.24, 2.45) is 0 Å². The minimum Gasteiger partial charge on any atom is -0.354 e. The Kier molecular flexibility index (Phi) is 4.76. The first-order chi connectivity index (χ1) is 11.1. The molecule has 3 rings (SSSR count). The number of benzene rings is 1. The van der Waals surface area contributed by atoms with Crippen LogP contribution in [0.25, 0.3) is 0 Å². The maximum Gasteiger partial charge on any atom is 0.136 e. The first-order valence-corrected chi connectivity index (χ1v) is 8.29. The van der Waals surface area contributed by atoms with Gasteiger partial charge in [-0.1, -0.05) is 19.1 Å². The minimum atomic E-state index is 0.800. The van der Waals surface area contributed by atoms with Crippen molar-refractivity contribution >= 4 is 17.3 Å². The molecule has 1 aromatic carbocycles. The van der Waals surface area contributed by atoms with Crippen LogP contribution in [0.3, 0.4) is 0 Å². The van der Waals surface area contributed by atoms with Crippen LogP contribution in [0.5, 0.6) is 0 Å². The average Bonchev–Trinajstić information content (AvgIpc) is 2.56. The highest BCUT2D eigenvalue weighted by Crippen LogP contribution is 2.21. The third-order valence-electron chi connectivity index (χ3n) is 4.29. The van der Waals surface area contributed by atoms with Crippen molar-refractivity contribution in [2.45, 2.75) is 20.3 Å². The summed E-state index contributed by atoms with van der Waals surface area (Å²) in [5.74, 6) is 2.67. The summed E-state index contributed by atoms with van der Waals surface area (Å²) in [5.41, 5.74) is 2.40. The summed E-state index contributed by atoms with van der Waals surface area (Å²) in [4.78, 5) is 13.8. The molecule has 0 atom stereocenters. The van der Waals surface area contributed by atoms with Gasteiger partial charge in [0.2, 0.25) is 0 Å². The third-order valence-corrected chi connectivity index (χ3v) is 4.29. The lowest BCUT2D eigenvalue weighted by Crippen LogP contribution is -2.44. The number of aromatic nitrogens is 2. The summed E-state index contributed by atoms with van der Waals surface area (Å²) in [6, 6.07) is 10.6. The topological polar surface area (TPSA) is 44.3 Å². The largest absolute Gasteiger partial charge is 0.354 e. The maximum absolute atomic E-state index is 4.61. The van der Waals surface area contributed by atoms with E-state index in [1.807, 2.05) is 13.0 Å². The molecule has 1 saturated heterocycles. The number of rotatable bonds is 4. The molecule has 1 aliphatic rings. The molecule has 0 saturated carbocycles. The summed E-state index contributed by atoms with van der Waals surface area (Å²) in [6.07, 6.45) is 1.06. The Labute approximate surface area is 138 Å². The predicted molar refractivity (Wildman–Crippen MR) is 95.6 cm³/mol. The lowest BCUT2D eigenvalue weighted by molar-refractivity contribution is 0.312. The van der Waals surface area contributed by atoms with Crippen molar-refractivity contribution in [3.8, 4) is 0 Å². The molecule has 0 spiro atoms. The van der Waals surface area contributed by atoms with Crippen molar-refractivity contribution in [2.75, 3.05) is 43.4 Å². The number of aryl methyl sites for hydroxylation is 2. The molecule has 2 aromatic rings. The summed E-state index contributed by atoms with van der Waals surface area (Å²) in [6.45, 7) is 8.28.